The average Bonchev–Trinajstić information content (AvgIpc) is 2.81. The number of hydrogen-bond acceptors (Lipinski definition) is 6. The van der Waals surface area contributed by atoms with E-state index in [0.717, 1.165) is 18.7 Å². The van der Waals surface area contributed by atoms with Crippen LogP contribution in [0.1, 0.15) is 5.56 Å². The van der Waals surface area contributed by atoms with Crippen LogP contribution in [0.4, 0.5) is 5.82 Å². The van der Waals surface area contributed by atoms with Crippen molar-refractivity contribution in [3.63, 3.8) is 0 Å². The molecule has 0 N–H and O–H groups in total. The van der Waals surface area contributed by atoms with Gasteiger partial charge in [0, 0.05) is 12.4 Å². The summed E-state index contributed by atoms with van der Waals surface area (Å²) in [6, 6.07) is 5.87. The lowest BCUT2D eigenvalue weighted by Crippen LogP contribution is -1.81. The Kier molecular flexibility index (Phi) is 3.74. The molecule has 94 valence electrons. The maximum atomic E-state index is 4.21. The van der Waals surface area contributed by atoms with Crippen LogP contribution < -0.4 is 0 Å². The molecule has 19 heavy (non-hydrogen) atoms. The summed E-state index contributed by atoms with van der Waals surface area (Å²) >= 11 is 3.89. The highest BCUT2D eigenvalue weighted by Gasteiger charge is 2.06. The third-order valence-electron chi connectivity index (χ3n) is 2.40. The summed E-state index contributed by atoms with van der Waals surface area (Å²) in [5.41, 5.74) is 1.94. The normalized spacial score (nSPS) is 11.4. The number of azo groups is 1. The molecule has 0 spiro atoms. The Morgan fingerprint density at radius 2 is 2.26 bits per heavy atom. The molecule has 0 radical (unpaired) electrons. The lowest BCUT2D eigenvalue weighted by molar-refractivity contribution is 0.939. The number of nitrogens with zero attached hydrogens (tertiary/aromatic N) is 5. The van der Waals surface area contributed by atoms with E-state index >= 15 is 0 Å². The number of hydrogen-bond donors (Lipinski definition) is 0. The van der Waals surface area contributed by atoms with Crippen molar-refractivity contribution in [3.05, 3.63) is 45.4 Å². The van der Waals surface area contributed by atoms with Gasteiger partial charge in [0.1, 0.15) is 11.0 Å². The number of fused-ring (bicyclic) bond motifs is 1. The van der Waals surface area contributed by atoms with Crippen LogP contribution in [-0.2, 0) is 6.54 Å². The number of rotatable bonds is 3. The fourth-order valence-corrected chi connectivity index (χ4v) is 3.28. The number of aromatic nitrogens is 3. The zero-order valence-electron chi connectivity index (χ0n) is 9.69. The van der Waals surface area contributed by atoms with Gasteiger partial charge in [0.05, 0.1) is 14.9 Å². The van der Waals surface area contributed by atoms with Gasteiger partial charge in [-0.15, -0.1) is 16.5 Å². The molecule has 7 heteroatoms. The van der Waals surface area contributed by atoms with Gasteiger partial charge < -0.3 is 0 Å². The Bertz CT molecular complexity index is 725. The van der Waals surface area contributed by atoms with E-state index in [2.05, 4.69) is 47.8 Å². The number of pyridine rings is 1. The lowest BCUT2D eigenvalue weighted by Gasteiger charge is -1.94. The van der Waals surface area contributed by atoms with Gasteiger partial charge in [-0.3, -0.25) is 4.98 Å². The van der Waals surface area contributed by atoms with Crippen LogP contribution in [0.2, 0.25) is 0 Å². The van der Waals surface area contributed by atoms with Crippen molar-refractivity contribution >= 4 is 50.0 Å². The minimum atomic E-state index is 0.502. The number of halogens is 1. The first-order valence-electron chi connectivity index (χ1n) is 5.49. The van der Waals surface area contributed by atoms with Crippen molar-refractivity contribution < 1.29 is 0 Å². The van der Waals surface area contributed by atoms with Gasteiger partial charge in [-0.1, -0.05) is 6.07 Å². The van der Waals surface area contributed by atoms with Crippen LogP contribution in [0.15, 0.2) is 47.1 Å². The summed E-state index contributed by atoms with van der Waals surface area (Å²) < 4.78 is 2.14. The van der Waals surface area contributed by atoms with Crippen LogP contribution in [-0.4, -0.2) is 15.0 Å². The molecule has 3 heterocycles. The second-order valence-electron chi connectivity index (χ2n) is 3.72. The van der Waals surface area contributed by atoms with Crippen LogP contribution in [0.25, 0.3) is 10.2 Å². The maximum Gasteiger partial charge on any atom is 0.195 e. The monoisotopic (exact) mass is 381 g/mol. The molecular weight excluding hydrogens is 373 g/mol. The predicted molar refractivity (Wildman–Crippen MR) is 82.6 cm³/mol. The summed E-state index contributed by atoms with van der Waals surface area (Å²) in [5.74, 6) is 0.627. The van der Waals surface area contributed by atoms with Gasteiger partial charge in [-0.2, -0.15) is 5.11 Å². The molecule has 5 nitrogen and oxygen atoms in total. The fourth-order valence-electron chi connectivity index (χ4n) is 1.56. The first kappa shape index (κ1) is 12.5. The van der Waals surface area contributed by atoms with Gasteiger partial charge >= 0.3 is 0 Å². The van der Waals surface area contributed by atoms with Crippen molar-refractivity contribution in [2.24, 2.45) is 10.2 Å². The van der Waals surface area contributed by atoms with Gasteiger partial charge in [0.25, 0.3) is 0 Å². The molecule has 0 aliphatic carbocycles. The molecule has 3 aromatic heterocycles. The Balaban J connectivity index is 1.85. The van der Waals surface area contributed by atoms with Gasteiger partial charge in [-0.05, 0) is 40.3 Å². The summed E-state index contributed by atoms with van der Waals surface area (Å²) in [6.45, 7) is 0.502. The van der Waals surface area contributed by atoms with Crippen LogP contribution >= 0.6 is 33.9 Å². The molecule has 0 saturated heterocycles. The fraction of sp³-hybridized carbons (Fsp3) is 0.0833. The van der Waals surface area contributed by atoms with Crippen LogP contribution in [0, 0.1) is 2.88 Å². The van der Waals surface area contributed by atoms with Gasteiger partial charge in [0.15, 0.2) is 5.82 Å². The third kappa shape index (κ3) is 2.92. The number of thiophene rings is 1. The highest BCUT2D eigenvalue weighted by molar-refractivity contribution is 14.1. The standard InChI is InChI=1S/C12H8IN5S/c13-10-4-9-11(19-10)12(16-7-15-9)18-17-6-8-2-1-3-14-5-8/h1-5,7H,6H2. The van der Waals surface area contributed by atoms with Crippen molar-refractivity contribution in [1.29, 1.82) is 0 Å². The molecule has 0 atom stereocenters. The Hall–Kier alpha value is -1.48. The van der Waals surface area contributed by atoms with E-state index in [1.807, 2.05) is 18.2 Å². The quantitative estimate of drug-likeness (QED) is 0.509. The molecular formula is C12H8IN5S. The van der Waals surface area contributed by atoms with E-state index in [4.69, 9.17) is 0 Å². The molecule has 0 aromatic carbocycles. The van der Waals surface area contributed by atoms with E-state index in [-0.39, 0.29) is 0 Å². The summed E-state index contributed by atoms with van der Waals surface area (Å²) in [5, 5.41) is 8.37. The summed E-state index contributed by atoms with van der Waals surface area (Å²) in [7, 11) is 0. The van der Waals surface area contributed by atoms with E-state index in [9.17, 15) is 0 Å². The average molecular weight is 381 g/mol. The van der Waals surface area contributed by atoms with Crippen molar-refractivity contribution in [2.45, 2.75) is 6.54 Å². The molecule has 0 saturated carbocycles. The van der Waals surface area contributed by atoms with Crippen molar-refractivity contribution in [1.82, 2.24) is 15.0 Å². The summed E-state index contributed by atoms with van der Waals surface area (Å²) in [6.07, 6.45) is 5.04. The van der Waals surface area contributed by atoms with Gasteiger partial charge in [-0.25, -0.2) is 9.97 Å². The molecule has 0 bridgehead atoms. The second-order valence-corrected chi connectivity index (χ2v) is 6.67. The molecule has 0 amide bonds. The SMILES string of the molecule is Ic1cc2ncnc(N=NCc3cccnc3)c2s1. The van der Waals surface area contributed by atoms with E-state index in [0.29, 0.717) is 12.4 Å². The zero-order chi connectivity index (χ0) is 13.1. The lowest BCUT2D eigenvalue weighted by atomic mass is 10.3. The van der Waals surface area contributed by atoms with Crippen molar-refractivity contribution in [2.75, 3.05) is 0 Å². The van der Waals surface area contributed by atoms with Crippen LogP contribution in [0.3, 0.4) is 0 Å². The predicted octanol–water partition coefficient (Wildman–Crippen LogP) is 3.97. The molecule has 0 unspecified atom stereocenters. The maximum absolute atomic E-state index is 4.21. The third-order valence-corrected chi connectivity index (χ3v) is 4.28. The molecule has 0 aliphatic rings. The Morgan fingerprint density at radius 1 is 1.32 bits per heavy atom. The first-order valence-corrected chi connectivity index (χ1v) is 7.39. The first-order chi connectivity index (χ1) is 9.33. The second kappa shape index (κ2) is 5.66. The van der Waals surface area contributed by atoms with E-state index in [1.54, 1.807) is 23.7 Å². The zero-order valence-corrected chi connectivity index (χ0v) is 12.7. The largest absolute Gasteiger partial charge is 0.264 e. The van der Waals surface area contributed by atoms with E-state index < -0.39 is 0 Å². The summed E-state index contributed by atoms with van der Waals surface area (Å²) in [4.78, 5) is 12.4. The smallest absolute Gasteiger partial charge is 0.195 e. The minimum absolute atomic E-state index is 0.502. The Morgan fingerprint density at radius 3 is 3.11 bits per heavy atom. The highest BCUT2D eigenvalue weighted by Crippen LogP contribution is 2.31. The van der Waals surface area contributed by atoms with E-state index in [1.165, 1.54) is 6.33 Å². The molecule has 3 rings (SSSR count). The van der Waals surface area contributed by atoms with Crippen molar-refractivity contribution in [3.8, 4) is 0 Å². The minimum Gasteiger partial charge on any atom is -0.264 e. The Labute approximate surface area is 127 Å². The highest BCUT2D eigenvalue weighted by atomic mass is 127. The topological polar surface area (TPSA) is 63.4 Å². The molecule has 0 fully saturated rings. The molecule has 0 aliphatic heterocycles. The van der Waals surface area contributed by atoms with Gasteiger partial charge in [0.2, 0.25) is 0 Å². The molecule has 3 aromatic rings. The van der Waals surface area contributed by atoms with Crippen LogP contribution in [0.5, 0.6) is 0 Å².